The van der Waals surface area contributed by atoms with Gasteiger partial charge in [0.05, 0.1) is 22.8 Å². The zero-order valence-electron chi connectivity index (χ0n) is 16.4. The number of para-hydroxylation sites is 1. The summed E-state index contributed by atoms with van der Waals surface area (Å²) >= 11 is 0. The smallest absolute Gasteiger partial charge is 0.253 e. The fourth-order valence-corrected chi connectivity index (χ4v) is 3.90. The molecule has 7 heteroatoms. The number of hydrogen-bond acceptors (Lipinski definition) is 4. The van der Waals surface area contributed by atoms with E-state index >= 15 is 0 Å². The number of hydrogen-bond donors (Lipinski definition) is 2. The van der Waals surface area contributed by atoms with Gasteiger partial charge in [0, 0.05) is 12.0 Å². The van der Waals surface area contributed by atoms with Crippen LogP contribution >= 0.6 is 0 Å². The van der Waals surface area contributed by atoms with Gasteiger partial charge >= 0.3 is 0 Å². The van der Waals surface area contributed by atoms with E-state index in [1.165, 1.54) is 0 Å². The summed E-state index contributed by atoms with van der Waals surface area (Å²) in [6, 6.07) is 15.5. The predicted molar refractivity (Wildman–Crippen MR) is 111 cm³/mol. The van der Waals surface area contributed by atoms with Crippen molar-refractivity contribution in [3.8, 4) is 0 Å². The van der Waals surface area contributed by atoms with Gasteiger partial charge in [-0.15, -0.1) is 0 Å². The summed E-state index contributed by atoms with van der Waals surface area (Å²) in [4.78, 5) is 24.7. The molecular formula is C21H26N2O4S. The van der Waals surface area contributed by atoms with Crippen molar-refractivity contribution in [2.24, 2.45) is 0 Å². The van der Waals surface area contributed by atoms with Gasteiger partial charge in [-0.05, 0) is 38.5 Å². The Morgan fingerprint density at radius 3 is 2.18 bits per heavy atom. The summed E-state index contributed by atoms with van der Waals surface area (Å²) in [6.07, 6.45) is -0.176. The molecule has 0 spiro atoms. The first-order chi connectivity index (χ1) is 13.1. The van der Waals surface area contributed by atoms with E-state index in [0.29, 0.717) is 16.8 Å². The van der Waals surface area contributed by atoms with Gasteiger partial charge in [0.15, 0.2) is 9.84 Å². The highest BCUT2D eigenvalue weighted by molar-refractivity contribution is 7.90. The van der Waals surface area contributed by atoms with Crippen LogP contribution in [0.2, 0.25) is 0 Å². The molecule has 0 aliphatic carbocycles. The summed E-state index contributed by atoms with van der Waals surface area (Å²) in [7, 11) is -3.41. The van der Waals surface area contributed by atoms with Gasteiger partial charge in [0.2, 0.25) is 5.91 Å². The number of nitrogens with one attached hydrogen (secondary N) is 2. The Bertz CT molecular complexity index is 932. The van der Waals surface area contributed by atoms with Crippen LogP contribution in [0, 0.1) is 0 Å². The third kappa shape index (κ3) is 7.15. The van der Waals surface area contributed by atoms with Gasteiger partial charge in [-0.2, -0.15) is 0 Å². The Labute approximate surface area is 166 Å². The van der Waals surface area contributed by atoms with Crippen molar-refractivity contribution in [1.29, 1.82) is 0 Å². The van der Waals surface area contributed by atoms with E-state index < -0.39 is 21.3 Å². The molecule has 0 bridgehead atoms. The number of benzene rings is 2. The Morgan fingerprint density at radius 2 is 1.54 bits per heavy atom. The van der Waals surface area contributed by atoms with Gasteiger partial charge in [-0.25, -0.2) is 8.42 Å². The quantitative estimate of drug-likeness (QED) is 0.744. The van der Waals surface area contributed by atoms with Crippen molar-refractivity contribution >= 4 is 27.3 Å². The van der Waals surface area contributed by atoms with E-state index in [2.05, 4.69) is 10.6 Å². The number of carbonyl (C=O) groups excluding carboxylic acids is 2. The summed E-state index contributed by atoms with van der Waals surface area (Å²) < 4.78 is 24.5. The molecule has 6 nitrogen and oxygen atoms in total. The minimum atomic E-state index is -3.41. The van der Waals surface area contributed by atoms with Crippen LogP contribution in [0.1, 0.15) is 43.1 Å². The minimum Gasteiger partial charge on any atom is -0.347 e. The van der Waals surface area contributed by atoms with Crippen molar-refractivity contribution in [3.63, 3.8) is 0 Å². The molecule has 2 aromatic carbocycles. The second kappa shape index (κ2) is 9.01. The van der Waals surface area contributed by atoms with Crippen molar-refractivity contribution in [2.45, 2.75) is 38.5 Å². The topological polar surface area (TPSA) is 92.3 Å². The second-order valence-electron chi connectivity index (χ2n) is 7.63. The van der Waals surface area contributed by atoms with Crippen LogP contribution in [-0.2, 0) is 20.4 Å². The molecule has 0 fully saturated rings. The zero-order chi connectivity index (χ0) is 20.8. The first kappa shape index (κ1) is 21.6. The Morgan fingerprint density at radius 1 is 0.929 bits per heavy atom. The summed E-state index contributed by atoms with van der Waals surface area (Å²) in [6.45, 7) is 5.59. The molecule has 0 unspecified atom stereocenters. The Hall–Kier alpha value is -2.67. The highest BCUT2D eigenvalue weighted by Crippen LogP contribution is 2.17. The Kier molecular flexibility index (Phi) is 6.96. The van der Waals surface area contributed by atoms with Crippen LogP contribution in [0.5, 0.6) is 0 Å². The van der Waals surface area contributed by atoms with Crippen LogP contribution in [-0.4, -0.2) is 31.5 Å². The standard InChI is InChI=1S/C21H26N2O4S/c1-21(2,3)23-20(25)17-11-7-8-12-18(17)22-19(24)13-14-28(26,27)15-16-9-5-4-6-10-16/h4-12H,13-15H2,1-3H3,(H,22,24)(H,23,25). The van der Waals surface area contributed by atoms with Crippen LogP contribution in [0.15, 0.2) is 54.6 Å². The van der Waals surface area contributed by atoms with Gasteiger partial charge in [-0.1, -0.05) is 42.5 Å². The maximum atomic E-state index is 12.4. The first-order valence-electron chi connectivity index (χ1n) is 9.01. The van der Waals surface area contributed by atoms with E-state index in [-0.39, 0.29) is 23.8 Å². The van der Waals surface area contributed by atoms with Gasteiger partial charge in [0.1, 0.15) is 0 Å². The van der Waals surface area contributed by atoms with Crippen molar-refractivity contribution in [2.75, 3.05) is 11.1 Å². The highest BCUT2D eigenvalue weighted by atomic mass is 32.2. The lowest BCUT2D eigenvalue weighted by atomic mass is 10.1. The summed E-state index contributed by atoms with van der Waals surface area (Å²) in [5.41, 5.74) is 0.958. The van der Waals surface area contributed by atoms with Crippen molar-refractivity contribution < 1.29 is 18.0 Å². The zero-order valence-corrected chi connectivity index (χ0v) is 17.2. The number of sulfone groups is 1. The minimum absolute atomic E-state index is 0.105. The van der Waals surface area contributed by atoms with E-state index in [9.17, 15) is 18.0 Å². The highest BCUT2D eigenvalue weighted by Gasteiger charge is 2.19. The van der Waals surface area contributed by atoms with Gasteiger partial charge < -0.3 is 10.6 Å². The first-order valence-corrected chi connectivity index (χ1v) is 10.8. The van der Waals surface area contributed by atoms with Crippen LogP contribution in [0.3, 0.4) is 0 Å². The molecule has 0 atom stereocenters. The lowest BCUT2D eigenvalue weighted by molar-refractivity contribution is -0.115. The Balaban J connectivity index is 1.99. The maximum Gasteiger partial charge on any atom is 0.253 e. The molecular weight excluding hydrogens is 376 g/mol. The number of rotatable bonds is 7. The third-order valence-electron chi connectivity index (χ3n) is 3.80. The lowest BCUT2D eigenvalue weighted by Crippen LogP contribution is -2.40. The van der Waals surface area contributed by atoms with Crippen LogP contribution < -0.4 is 10.6 Å². The monoisotopic (exact) mass is 402 g/mol. The lowest BCUT2D eigenvalue weighted by Gasteiger charge is -2.21. The molecule has 2 aromatic rings. The molecule has 0 aliphatic rings. The van der Waals surface area contributed by atoms with Gasteiger partial charge in [0.25, 0.3) is 5.91 Å². The average Bonchev–Trinajstić information content (AvgIpc) is 2.59. The van der Waals surface area contributed by atoms with Crippen LogP contribution in [0.25, 0.3) is 0 Å². The molecule has 2 rings (SSSR count). The molecule has 0 saturated heterocycles. The normalized spacial score (nSPS) is 11.7. The van der Waals surface area contributed by atoms with E-state index in [1.54, 1.807) is 48.5 Å². The van der Waals surface area contributed by atoms with Crippen molar-refractivity contribution in [1.82, 2.24) is 5.32 Å². The number of amides is 2. The molecule has 2 N–H and O–H groups in total. The fraction of sp³-hybridized carbons (Fsp3) is 0.333. The molecule has 0 saturated carbocycles. The van der Waals surface area contributed by atoms with Crippen LogP contribution in [0.4, 0.5) is 5.69 Å². The maximum absolute atomic E-state index is 12.4. The molecule has 0 radical (unpaired) electrons. The van der Waals surface area contributed by atoms with E-state index in [1.807, 2.05) is 26.8 Å². The summed E-state index contributed by atoms with van der Waals surface area (Å²) in [5, 5.41) is 5.50. The fourth-order valence-electron chi connectivity index (χ4n) is 2.56. The SMILES string of the molecule is CC(C)(C)NC(=O)c1ccccc1NC(=O)CCS(=O)(=O)Cc1ccccc1. The molecule has 28 heavy (non-hydrogen) atoms. The van der Waals surface area contributed by atoms with Crippen molar-refractivity contribution in [3.05, 3.63) is 65.7 Å². The number of anilines is 1. The van der Waals surface area contributed by atoms with E-state index in [4.69, 9.17) is 0 Å². The molecule has 2 amide bonds. The number of carbonyl (C=O) groups is 2. The molecule has 150 valence electrons. The third-order valence-corrected chi connectivity index (χ3v) is 5.40. The summed E-state index contributed by atoms with van der Waals surface area (Å²) in [5.74, 6) is -1.12. The average molecular weight is 403 g/mol. The van der Waals surface area contributed by atoms with E-state index in [0.717, 1.165) is 0 Å². The second-order valence-corrected chi connectivity index (χ2v) is 9.81. The molecule has 0 aliphatic heterocycles. The van der Waals surface area contributed by atoms with Gasteiger partial charge in [-0.3, -0.25) is 9.59 Å². The predicted octanol–water partition coefficient (Wildman–Crippen LogP) is 3.16. The largest absolute Gasteiger partial charge is 0.347 e. The molecule has 0 aromatic heterocycles. The molecule has 0 heterocycles.